The minimum absolute atomic E-state index is 0.256. The van der Waals surface area contributed by atoms with E-state index in [0.29, 0.717) is 39.7 Å². The molecule has 3 aromatic rings. The molecule has 0 aliphatic carbocycles. The van der Waals surface area contributed by atoms with Crippen molar-refractivity contribution >= 4 is 23.6 Å². The zero-order chi connectivity index (χ0) is 17.3. The van der Waals surface area contributed by atoms with Gasteiger partial charge in [-0.2, -0.15) is 0 Å². The molecule has 0 aliphatic rings. The van der Waals surface area contributed by atoms with Crippen molar-refractivity contribution < 1.29 is 4.42 Å². The molecule has 3 N–H and O–H groups in total. The Bertz CT molecular complexity index is 963. The second-order valence-electron chi connectivity index (χ2n) is 5.03. The van der Waals surface area contributed by atoms with Crippen molar-refractivity contribution in [3.63, 3.8) is 0 Å². The van der Waals surface area contributed by atoms with E-state index >= 15 is 0 Å². The molecule has 0 amide bonds. The van der Waals surface area contributed by atoms with Gasteiger partial charge in [-0.3, -0.25) is 9.36 Å². The van der Waals surface area contributed by atoms with E-state index < -0.39 is 0 Å². The highest BCUT2D eigenvalue weighted by molar-refractivity contribution is 6.33. The van der Waals surface area contributed by atoms with Crippen LogP contribution in [0.5, 0.6) is 0 Å². The summed E-state index contributed by atoms with van der Waals surface area (Å²) in [6.45, 7) is 2.21. The SMILES string of the molecule is CCn1c(N)c(C=N)cc(-c2ccc(-c3nnco3)cc2Cl)c1=O. The van der Waals surface area contributed by atoms with Crippen LogP contribution in [0.4, 0.5) is 5.82 Å². The lowest BCUT2D eigenvalue weighted by Gasteiger charge is -2.13. The van der Waals surface area contributed by atoms with Gasteiger partial charge in [0.2, 0.25) is 12.3 Å². The van der Waals surface area contributed by atoms with Crippen molar-refractivity contribution in [2.75, 3.05) is 5.73 Å². The van der Waals surface area contributed by atoms with Crippen molar-refractivity contribution in [2.24, 2.45) is 0 Å². The first-order valence-corrected chi connectivity index (χ1v) is 7.54. The van der Waals surface area contributed by atoms with Crippen molar-refractivity contribution in [3.8, 4) is 22.6 Å². The van der Waals surface area contributed by atoms with Crippen LogP contribution in [0.1, 0.15) is 12.5 Å². The quantitative estimate of drug-likeness (QED) is 0.707. The summed E-state index contributed by atoms with van der Waals surface area (Å²) in [5, 5.41) is 15.3. The first-order valence-electron chi connectivity index (χ1n) is 7.17. The maximum atomic E-state index is 12.7. The molecule has 0 spiro atoms. The molecule has 0 bridgehead atoms. The summed E-state index contributed by atoms with van der Waals surface area (Å²) in [7, 11) is 0. The number of hydrogen-bond acceptors (Lipinski definition) is 6. The summed E-state index contributed by atoms with van der Waals surface area (Å²) in [4.78, 5) is 12.7. The van der Waals surface area contributed by atoms with Crippen molar-refractivity contribution in [1.29, 1.82) is 5.41 Å². The second kappa shape index (κ2) is 6.29. The number of nitrogen functional groups attached to an aromatic ring is 1. The highest BCUT2D eigenvalue weighted by Gasteiger charge is 2.16. The highest BCUT2D eigenvalue weighted by Crippen LogP contribution is 2.31. The highest BCUT2D eigenvalue weighted by atomic mass is 35.5. The van der Waals surface area contributed by atoms with E-state index in [9.17, 15) is 4.79 Å². The first-order chi connectivity index (χ1) is 11.6. The Kier molecular flexibility index (Phi) is 4.18. The Morgan fingerprint density at radius 3 is 2.75 bits per heavy atom. The van der Waals surface area contributed by atoms with Crippen LogP contribution in [0.25, 0.3) is 22.6 Å². The van der Waals surface area contributed by atoms with Gasteiger partial charge in [-0.15, -0.1) is 10.2 Å². The summed E-state index contributed by atoms with van der Waals surface area (Å²) < 4.78 is 6.55. The van der Waals surface area contributed by atoms with Gasteiger partial charge in [0.1, 0.15) is 5.82 Å². The molecule has 1 aromatic carbocycles. The number of halogens is 1. The summed E-state index contributed by atoms with van der Waals surface area (Å²) in [6.07, 6.45) is 2.35. The van der Waals surface area contributed by atoms with Gasteiger partial charge in [-0.1, -0.05) is 17.7 Å². The van der Waals surface area contributed by atoms with E-state index in [2.05, 4.69) is 10.2 Å². The van der Waals surface area contributed by atoms with Crippen LogP contribution in [0.3, 0.4) is 0 Å². The number of anilines is 1. The van der Waals surface area contributed by atoms with Gasteiger partial charge >= 0.3 is 0 Å². The fourth-order valence-electron chi connectivity index (χ4n) is 2.49. The molecule has 0 unspecified atom stereocenters. The van der Waals surface area contributed by atoms with Crippen LogP contribution in [-0.4, -0.2) is 21.0 Å². The largest absolute Gasteiger partial charge is 0.423 e. The van der Waals surface area contributed by atoms with Gasteiger partial charge < -0.3 is 15.6 Å². The summed E-state index contributed by atoms with van der Waals surface area (Å²) >= 11 is 6.36. The standard InChI is InChI=1S/C16H14ClN5O2/c1-2-22-14(19)10(7-18)5-12(16(22)23)11-4-3-9(6-13(11)17)15-21-20-8-24-15/h3-8,18H,2,19H2,1H3. The summed E-state index contributed by atoms with van der Waals surface area (Å²) in [5.74, 6) is 0.603. The van der Waals surface area contributed by atoms with E-state index in [4.69, 9.17) is 27.2 Å². The molecule has 2 heterocycles. The Hall–Kier alpha value is -2.93. The average molecular weight is 344 g/mol. The number of nitrogens with two attached hydrogens (primary N) is 1. The van der Waals surface area contributed by atoms with Crippen LogP contribution in [-0.2, 0) is 6.54 Å². The maximum absolute atomic E-state index is 12.7. The van der Waals surface area contributed by atoms with E-state index in [1.807, 2.05) is 6.92 Å². The lowest BCUT2D eigenvalue weighted by Crippen LogP contribution is -2.25. The fraction of sp³-hybridized carbons (Fsp3) is 0.125. The van der Waals surface area contributed by atoms with Gasteiger partial charge in [-0.25, -0.2) is 0 Å². The fourth-order valence-corrected chi connectivity index (χ4v) is 2.77. The number of aromatic nitrogens is 3. The van der Waals surface area contributed by atoms with E-state index in [1.54, 1.807) is 24.3 Å². The molecular formula is C16H14ClN5O2. The van der Waals surface area contributed by atoms with Crippen molar-refractivity contribution in [1.82, 2.24) is 14.8 Å². The van der Waals surface area contributed by atoms with Crippen LogP contribution >= 0.6 is 11.6 Å². The minimum Gasteiger partial charge on any atom is -0.423 e. The normalized spacial score (nSPS) is 10.8. The number of hydrogen-bond donors (Lipinski definition) is 2. The third-order valence-electron chi connectivity index (χ3n) is 3.70. The molecule has 122 valence electrons. The molecular weight excluding hydrogens is 330 g/mol. The Morgan fingerprint density at radius 2 is 2.17 bits per heavy atom. The van der Waals surface area contributed by atoms with Crippen molar-refractivity contribution in [2.45, 2.75) is 13.5 Å². The third-order valence-corrected chi connectivity index (χ3v) is 4.01. The van der Waals surface area contributed by atoms with Crippen LogP contribution in [0.15, 0.2) is 39.9 Å². The number of rotatable bonds is 4. The Labute approximate surface area is 142 Å². The molecule has 0 fully saturated rings. The number of benzene rings is 1. The zero-order valence-electron chi connectivity index (χ0n) is 12.8. The number of pyridine rings is 1. The molecule has 8 heteroatoms. The zero-order valence-corrected chi connectivity index (χ0v) is 13.5. The number of nitrogens with zero attached hydrogens (tertiary/aromatic N) is 3. The first kappa shape index (κ1) is 15.9. The van der Waals surface area contributed by atoms with E-state index in [-0.39, 0.29) is 11.4 Å². The monoisotopic (exact) mass is 343 g/mol. The third kappa shape index (κ3) is 2.59. The molecule has 7 nitrogen and oxygen atoms in total. The Morgan fingerprint density at radius 1 is 1.38 bits per heavy atom. The van der Waals surface area contributed by atoms with E-state index in [0.717, 1.165) is 6.21 Å². The summed E-state index contributed by atoms with van der Waals surface area (Å²) in [6, 6.07) is 6.68. The lowest BCUT2D eigenvalue weighted by molar-refractivity contribution is 0.568. The van der Waals surface area contributed by atoms with Crippen LogP contribution < -0.4 is 11.3 Å². The molecule has 24 heavy (non-hydrogen) atoms. The van der Waals surface area contributed by atoms with Gasteiger partial charge in [0.15, 0.2) is 0 Å². The van der Waals surface area contributed by atoms with Gasteiger partial charge in [0.25, 0.3) is 5.56 Å². The molecule has 0 atom stereocenters. The predicted octanol–water partition coefficient (Wildman–Crippen LogP) is 2.82. The molecule has 0 radical (unpaired) electrons. The molecule has 0 saturated heterocycles. The predicted molar refractivity (Wildman–Crippen MR) is 92.4 cm³/mol. The molecule has 0 saturated carbocycles. The molecule has 0 aliphatic heterocycles. The summed E-state index contributed by atoms with van der Waals surface area (Å²) in [5.41, 5.74) is 7.72. The van der Waals surface area contributed by atoms with Gasteiger partial charge in [0.05, 0.1) is 0 Å². The van der Waals surface area contributed by atoms with Crippen molar-refractivity contribution in [3.05, 3.63) is 51.6 Å². The van der Waals surface area contributed by atoms with Gasteiger partial charge in [-0.05, 0) is 25.1 Å². The van der Waals surface area contributed by atoms with E-state index in [1.165, 1.54) is 11.0 Å². The van der Waals surface area contributed by atoms with Crippen LogP contribution in [0.2, 0.25) is 5.02 Å². The molecule has 2 aromatic heterocycles. The average Bonchev–Trinajstić information content (AvgIpc) is 3.11. The lowest BCUT2D eigenvalue weighted by atomic mass is 10.0. The smallest absolute Gasteiger partial charge is 0.260 e. The van der Waals surface area contributed by atoms with Gasteiger partial charge in [0, 0.05) is 40.0 Å². The molecule has 3 rings (SSSR count). The van der Waals surface area contributed by atoms with Crippen LogP contribution in [0, 0.1) is 5.41 Å². The number of nitrogens with one attached hydrogen (secondary N) is 1. The second-order valence-corrected chi connectivity index (χ2v) is 5.44. The minimum atomic E-state index is -0.256. The topological polar surface area (TPSA) is 111 Å². The maximum Gasteiger partial charge on any atom is 0.260 e. The Balaban J connectivity index is 2.19.